The lowest BCUT2D eigenvalue weighted by Gasteiger charge is -2.10. The van der Waals surface area contributed by atoms with Crippen molar-refractivity contribution < 1.29 is 13.2 Å². The van der Waals surface area contributed by atoms with Crippen molar-refractivity contribution in [3.63, 3.8) is 0 Å². The van der Waals surface area contributed by atoms with Gasteiger partial charge in [-0.25, -0.2) is 15.0 Å². The number of thiocarbonyl (C=S) groups is 1. The van der Waals surface area contributed by atoms with Crippen LogP contribution in [-0.4, -0.2) is 26.6 Å². The molecule has 0 saturated carbocycles. The van der Waals surface area contributed by atoms with Gasteiger partial charge in [0, 0.05) is 12.2 Å². The van der Waals surface area contributed by atoms with Gasteiger partial charge in [-0.05, 0) is 55.5 Å². The molecule has 3 aromatic rings. The minimum absolute atomic E-state index is 0.362. The molecule has 2 heterocycles. The maximum atomic E-state index is 12.6. The summed E-state index contributed by atoms with van der Waals surface area (Å²) in [5, 5.41) is 9.25. The van der Waals surface area contributed by atoms with Crippen molar-refractivity contribution in [2.75, 3.05) is 17.2 Å². The number of anilines is 3. The van der Waals surface area contributed by atoms with Crippen LogP contribution in [0.4, 0.5) is 30.5 Å². The van der Waals surface area contributed by atoms with Gasteiger partial charge >= 0.3 is 6.18 Å². The van der Waals surface area contributed by atoms with Crippen molar-refractivity contribution >= 4 is 45.8 Å². The Bertz CT molecular complexity index is 959. The zero-order valence-corrected chi connectivity index (χ0v) is 14.9. The molecule has 0 spiro atoms. The molecule has 3 N–H and O–H groups in total. The summed E-state index contributed by atoms with van der Waals surface area (Å²) in [5.74, 6) is 0.871. The van der Waals surface area contributed by atoms with Crippen molar-refractivity contribution in [2.45, 2.75) is 13.1 Å². The highest BCUT2D eigenvalue weighted by molar-refractivity contribution is 7.80. The number of alkyl halides is 3. The highest BCUT2D eigenvalue weighted by atomic mass is 32.1. The Morgan fingerprint density at radius 2 is 1.74 bits per heavy atom. The number of hydrogen-bond donors (Lipinski definition) is 3. The number of rotatable bonds is 4. The molecule has 0 atom stereocenters. The summed E-state index contributed by atoms with van der Waals surface area (Å²) >= 11 is 5.12. The summed E-state index contributed by atoms with van der Waals surface area (Å²) in [7, 11) is 0. The molecule has 6 nitrogen and oxygen atoms in total. The number of hydrogen-bond acceptors (Lipinski definition) is 5. The fourth-order valence-corrected chi connectivity index (χ4v) is 2.49. The van der Waals surface area contributed by atoms with E-state index in [1.807, 2.05) is 6.92 Å². The average molecular weight is 392 g/mol. The van der Waals surface area contributed by atoms with Crippen molar-refractivity contribution in [3.05, 3.63) is 48.2 Å². The molecule has 140 valence electrons. The third kappa shape index (κ3) is 4.79. The average Bonchev–Trinajstić information content (AvgIpc) is 2.61. The predicted octanol–water partition coefficient (Wildman–Crippen LogP) is 4.09. The van der Waals surface area contributed by atoms with E-state index in [9.17, 15) is 13.2 Å². The van der Waals surface area contributed by atoms with E-state index in [2.05, 4.69) is 30.9 Å². The van der Waals surface area contributed by atoms with Crippen LogP contribution >= 0.6 is 12.2 Å². The number of benzene rings is 1. The van der Waals surface area contributed by atoms with Gasteiger partial charge < -0.3 is 16.0 Å². The lowest BCUT2D eigenvalue weighted by Crippen LogP contribution is -2.28. The molecule has 3 rings (SSSR count). The van der Waals surface area contributed by atoms with Gasteiger partial charge in [0.2, 0.25) is 0 Å². The van der Waals surface area contributed by atoms with Crippen molar-refractivity contribution in [1.29, 1.82) is 0 Å². The number of nitrogens with zero attached hydrogens (tertiary/aromatic N) is 3. The first-order valence-electron chi connectivity index (χ1n) is 7.98. The summed E-state index contributed by atoms with van der Waals surface area (Å²) in [6, 6.07) is 8.12. The largest absolute Gasteiger partial charge is 0.416 e. The number of pyridine rings is 1. The maximum Gasteiger partial charge on any atom is 0.416 e. The molecule has 27 heavy (non-hydrogen) atoms. The van der Waals surface area contributed by atoms with Gasteiger partial charge in [-0.1, -0.05) is 0 Å². The SMILES string of the molecule is CCNC(=S)Nc1ccc2ncc(Nc3ccc(C(F)(F)F)cc3)nc2n1. The minimum Gasteiger partial charge on any atom is -0.363 e. The molecule has 0 fully saturated rings. The molecule has 0 saturated heterocycles. The van der Waals surface area contributed by atoms with Gasteiger partial charge in [-0.15, -0.1) is 0 Å². The quantitative estimate of drug-likeness (QED) is 0.578. The molecule has 1 aromatic carbocycles. The molecule has 0 radical (unpaired) electrons. The second-order valence-corrected chi connectivity index (χ2v) is 5.89. The summed E-state index contributed by atoms with van der Waals surface area (Å²) in [4.78, 5) is 12.9. The Kier molecular flexibility index (Phi) is 5.36. The summed E-state index contributed by atoms with van der Waals surface area (Å²) < 4.78 is 37.9. The van der Waals surface area contributed by atoms with E-state index >= 15 is 0 Å². The fourth-order valence-electron chi connectivity index (χ4n) is 2.24. The van der Waals surface area contributed by atoms with Crippen LogP contribution in [0.1, 0.15) is 12.5 Å². The number of halogens is 3. The molecule has 0 bridgehead atoms. The molecule has 0 aliphatic rings. The summed E-state index contributed by atoms with van der Waals surface area (Å²) in [5.41, 5.74) is 0.690. The molecular formula is C17H15F3N6S. The third-order valence-corrected chi connectivity index (χ3v) is 3.72. The van der Waals surface area contributed by atoms with E-state index in [4.69, 9.17) is 12.2 Å². The summed E-state index contributed by atoms with van der Waals surface area (Å²) in [6.45, 7) is 2.60. The number of aromatic nitrogens is 3. The highest BCUT2D eigenvalue weighted by Crippen LogP contribution is 2.30. The van der Waals surface area contributed by atoms with Crippen molar-refractivity contribution in [2.24, 2.45) is 0 Å². The van der Waals surface area contributed by atoms with Crippen LogP contribution < -0.4 is 16.0 Å². The molecule has 10 heteroatoms. The fraction of sp³-hybridized carbons (Fsp3) is 0.176. The molecule has 0 aliphatic carbocycles. The Morgan fingerprint density at radius 1 is 1.04 bits per heavy atom. The van der Waals surface area contributed by atoms with Crippen molar-refractivity contribution in [1.82, 2.24) is 20.3 Å². The van der Waals surface area contributed by atoms with Crippen LogP contribution in [-0.2, 0) is 6.18 Å². The molecule has 0 aliphatic heterocycles. The predicted molar refractivity (Wildman–Crippen MR) is 102 cm³/mol. The molecule has 0 amide bonds. The number of fused-ring (bicyclic) bond motifs is 1. The van der Waals surface area contributed by atoms with E-state index in [0.29, 0.717) is 40.1 Å². The minimum atomic E-state index is -4.37. The first-order valence-corrected chi connectivity index (χ1v) is 8.39. The Balaban J connectivity index is 1.79. The zero-order valence-electron chi connectivity index (χ0n) is 14.1. The van der Waals surface area contributed by atoms with E-state index in [0.717, 1.165) is 12.1 Å². The van der Waals surface area contributed by atoms with Crippen LogP contribution in [0, 0.1) is 0 Å². The molecule has 2 aromatic heterocycles. The lowest BCUT2D eigenvalue weighted by atomic mass is 10.2. The number of nitrogens with one attached hydrogen (secondary N) is 3. The second-order valence-electron chi connectivity index (χ2n) is 5.48. The van der Waals surface area contributed by atoms with Crippen LogP contribution in [0.5, 0.6) is 0 Å². The molecule has 0 unspecified atom stereocenters. The highest BCUT2D eigenvalue weighted by Gasteiger charge is 2.29. The Hall–Kier alpha value is -3.01. The lowest BCUT2D eigenvalue weighted by molar-refractivity contribution is -0.137. The monoisotopic (exact) mass is 392 g/mol. The van der Waals surface area contributed by atoms with Crippen LogP contribution in [0.15, 0.2) is 42.6 Å². The van der Waals surface area contributed by atoms with Gasteiger partial charge in [0.25, 0.3) is 0 Å². The first kappa shape index (κ1) is 18.8. The zero-order chi connectivity index (χ0) is 19.4. The normalized spacial score (nSPS) is 11.3. The van der Waals surface area contributed by atoms with Crippen LogP contribution in [0.3, 0.4) is 0 Å². The summed E-state index contributed by atoms with van der Waals surface area (Å²) in [6.07, 6.45) is -2.89. The standard InChI is InChI=1S/C17H15F3N6S/c1-2-21-16(27)26-13-8-7-12-15(24-13)25-14(9-22-12)23-11-5-3-10(4-6-11)17(18,19)20/h3-9H,2H2,1H3,(H3,21,23,24,25,26,27). The van der Waals surface area contributed by atoms with Gasteiger partial charge in [0.1, 0.15) is 11.3 Å². The van der Waals surface area contributed by atoms with Gasteiger partial charge in [-0.2, -0.15) is 13.2 Å². The van der Waals surface area contributed by atoms with E-state index in [1.54, 1.807) is 12.1 Å². The van der Waals surface area contributed by atoms with Gasteiger partial charge in [0.05, 0.1) is 11.8 Å². The van der Waals surface area contributed by atoms with Crippen LogP contribution in [0.25, 0.3) is 11.2 Å². The second kappa shape index (κ2) is 7.70. The Labute approximate surface area is 158 Å². The van der Waals surface area contributed by atoms with Crippen molar-refractivity contribution in [3.8, 4) is 0 Å². The third-order valence-electron chi connectivity index (χ3n) is 3.47. The smallest absolute Gasteiger partial charge is 0.363 e. The maximum absolute atomic E-state index is 12.6. The van der Waals surface area contributed by atoms with Gasteiger partial charge in [0.15, 0.2) is 16.6 Å². The van der Waals surface area contributed by atoms with Crippen LogP contribution in [0.2, 0.25) is 0 Å². The van der Waals surface area contributed by atoms with E-state index < -0.39 is 11.7 Å². The Morgan fingerprint density at radius 3 is 2.41 bits per heavy atom. The topological polar surface area (TPSA) is 74.8 Å². The first-order chi connectivity index (χ1) is 12.8. The molecular weight excluding hydrogens is 377 g/mol. The van der Waals surface area contributed by atoms with Gasteiger partial charge in [-0.3, -0.25) is 0 Å². The van der Waals surface area contributed by atoms with E-state index in [1.165, 1.54) is 18.3 Å². The van der Waals surface area contributed by atoms with E-state index in [-0.39, 0.29) is 0 Å².